The summed E-state index contributed by atoms with van der Waals surface area (Å²) in [6.07, 6.45) is 0. The highest BCUT2D eigenvalue weighted by atomic mass is 79.9. The molecule has 1 heterocycles. The first-order valence-corrected chi connectivity index (χ1v) is 4.89. The molecule has 1 aromatic heterocycles. The molecule has 4 heteroatoms. The van der Waals surface area contributed by atoms with E-state index in [1.165, 1.54) is 11.3 Å². The lowest BCUT2D eigenvalue weighted by Gasteiger charge is -1.95. The fourth-order valence-corrected chi connectivity index (χ4v) is 2.60. The highest BCUT2D eigenvalue weighted by molar-refractivity contribution is 9.11. The molecule has 2 aromatic rings. The number of rotatable bonds is 0. The van der Waals surface area contributed by atoms with Crippen LogP contribution in [-0.2, 0) is 0 Å². The van der Waals surface area contributed by atoms with Crippen molar-refractivity contribution in [2.45, 2.75) is 0 Å². The molecule has 12 heavy (non-hydrogen) atoms. The molecule has 0 unspecified atom stereocenters. The summed E-state index contributed by atoms with van der Waals surface area (Å²) in [6, 6.07) is 5.01. The second-order valence-corrected chi connectivity index (χ2v) is 4.89. The Morgan fingerprint density at radius 2 is 1.75 bits per heavy atom. The standard InChI is InChI=1S/C8H5BrO2S/c9-8-2-4-1-5(10)6(11)3-7(4)12-8/h1-3,10-11H. The quantitative estimate of drug-likeness (QED) is 0.700. The van der Waals surface area contributed by atoms with Crippen LogP contribution in [0.5, 0.6) is 11.5 Å². The first kappa shape index (κ1) is 7.89. The van der Waals surface area contributed by atoms with Crippen LogP contribution in [0.25, 0.3) is 10.1 Å². The lowest BCUT2D eigenvalue weighted by molar-refractivity contribution is 0.405. The Hall–Kier alpha value is -0.740. The minimum Gasteiger partial charge on any atom is -0.504 e. The van der Waals surface area contributed by atoms with Gasteiger partial charge >= 0.3 is 0 Å². The lowest BCUT2D eigenvalue weighted by atomic mass is 10.2. The number of benzene rings is 1. The van der Waals surface area contributed by atoms with Crippen molar-refractivity contribution in [3.05, 3.63) is 22.0 Å². The molecule has 0 atom stereocenters. The predicted molar refractivity (Wildman–Crippen MR) is 52.9 cm³/mol. The van der Waals surface area contributed by atoms with E-state index in [9.17, 15) is 0 Å². The van der Waals surface area contributed by atoms with Gasteiger partial charge in [-0.15, -0.1) is 11.3 Å². The third-order valence-electron chi connectivity index (χ3n) is 1.58. The van der Waals surface area contributed by atoms with Gasteiger partial charge in [-0.2, -0.15) is 0 Å². The number of phenolic OH excluding ortho intramolecular Hbond substituents is 2. The van der Waals surface area contributed by atoms with E-state index in [-0.39, 0.29) is 11.5 Å². The van der Waals surface area contributed by atoms with E-state index in [1.807, 2.05) is 6.07 Å². The van der Waals surface area contributed by atoms with Crippen molar-refractivity contribution in [3.63, 3.8) is 0 Å². The van der Waals surface area contributed by atoms with Crippen LogP contribution in [0.2, 0.25) is 0 Å². The van der Waals surface area contributed by atoms with Crippen LogP contribution < -0.4 is 0 Å². The van der Waals surface area contributed by atoms with Gasteiger partial charge in [-0.1, -0.05) is 0 Å². The maximum absolute atomic E-state index is 9.17. The second-order valence-electron chi connectivity index (χ2n) is 2.43. The first-order chi connectivity index (χ1) is 5.66. The largest absolute Gasteiger partial charge is 0.504 e. The summed E-state index contributed by atoms with van der Waals surface area (Å²) in [6.45, 7) is 0. The molecule has 1 aromatic carbocycles. The number of phenols is 2. The summed E-state index contributed by atoms with van der Waals surface area (Å²) < 4.78 is 1.94. The molecule has 0 amide bonds. The zero-order valence-corrected chi connectivity index (χ0v) is 8.32. The molecule has 0 spiro atoms. The smallest absolute Gasteiger partial charge is 0.158 e. The molecule has 0 saturated heterocycles. The van der Waals surface area contributed by atoms with E-state index in [0.717, 1.165) is 13.9 Å². The highest BCUT2D eigenvalue weighted by Crippen LogP contribution is 2.36. The van der Waals surface area contributed by atoms with Gasteiger partial charge in [0.25, 0.3) is 0 Å². The summed E-state index contributed by atoms with van der Waals surface area (Å²) >= 11 is 4.85. The lowest BCUT2D eigenvalue weighted by Crippen LogP contribution is -1.66. The van der Waals surface area contributed by atoms with Crippen molar-refractivity contribution in [2.75, 3.05) is 0 Å². The van der Waals surface area contributed by atoms with E-state index in [4.69, 9.17) is 10.2 Å². The van der Waals surface area contributed by atoms with E-state index in [0.29, 0.717) is 0 Å². The van der Waals surface area contributed by atoms with Crippen LogP contribution >= 0.6 is 27.3 Å². The zero-order chi connectivity index (χ0) is 8.72. The van der Waals surface area contributed by atoms with E-state index in [1.54, 1.807) is 12.1 Å². The third kappa shape index (κ3) is 1.17. The number of hydrogen-bond acceptors (Lipinski definition) is 3. The molecule has 2 N–H and O–H groups in total. The number of hydrogen-bond donors (Lipinski definition) is 2. The van der Waals surface area contributed by atoms with Crippen molar-refractivity contribution >= 4 is 37.4 Å². The molecule has 0 aliphatic heterocycles. The van der Waals surface area contributed by atoms with Crippen molar-refractivity contribution in [3.8, 4) is 11.5 Å². The normalized spacial score (nSPS) is 10.8. The van der Waals surface area contributed by atoms with Crippen LogP contribution in [0.15, 0.2) is 22.0 Å². The van der Waals surface area contributed by atoms with Gasteiger partial charge in [0.1, 0.15) is 0 Å². The molecular formula is C8H5BrO2S. The van der Waals surface area contributed by atoms with Crippen LogP contribution in [0.4, 0.5) is 0 Å². The molecule has 0 saturated carbocycles. The molecule has 0 radical (unpaired) electrons. The minimum atomic E-state index is -0.0761. The van der Waals surface area contributed by atoms with Gasteiger partial charge in [0, 0.05) is 10.8 Å². The highest BCUT2D eigenvalue weighted by Gasteiger charge is 2.04. The molecule has 2 rings (SSSR count). The molecule has 0 aliphatic rings. The van der Waals surface area contributed by atoms with Gasteiger partial charge < -0.3 is 10.2 Å². The molecular weight excluding hydrogens is 240 g/mol. The fraction of sp³-hybridized carbons (Fsp3) is 0. The van der Waals surface area contributed by atoms with Crippen LogP contribution in [0.1, 0.15) is 0 Å². The predicted octanol–water partition coefficient (Wildman–Crippen LogP) is 3.08. The Morgan fingerprint density at radius 3 is 2.50 bits per heavy atom. The Bertz CT molecular complexity index is 397. The maximum Gasteiger partial charge on any atom is 0.158 e. The van der Waals surface area contributed by atoms with E-state index >= 15 is 0 Å². The molecule has 0 bridgehead atoms. The molecule has 62 valence electrons. The van der Waals surface area contributed by atoms with Gasteiger partial charge in [0.05, 0.1) is 3.79 Å². The monoisotopic (exact) mass is 244 g/mol. The summed E-state index contributed by atoms with van der Waals surface area (Å²) in [5.74, 6) is -0.148. The van der Waals surface area contributed by atoms with Crippen molar-refractivity contribution in [1.82, 2.24) is 0 Å². The van der Waals surface area contributed by atoms with Crippen LogP contribution in [0.3, 0.4) is 0 Å². The van der Waals surface area contributed by atoms with Gasteiger partial charge in [0.15, 0.2) is 11.5 Å². The van der Waals surface area contributed by atoms with Crippen molar-refractivity contribution in [1.29, 1.82) is 0 Å². The molecule has 0 fully saturated rings. The molecule has 0 aliphatic carbocycles. The van der Waals surface area contributed by atoms with Crippen LogP contribution in [-0.4, -0.2) is 10.2 Å². The van der Waals surface area contributed by atoms with Gasteiger partial charge in [0.2, 0.25) is 0 Å². The summed E-state index contributed by atoms with van der Waals surface area (Å²) in [7, 11) is 0. The third-order valence-corrected chi connectivity index (χ3v) is 3.18. The Balaban J connectivity index is 2.83. The number of fused-ring (bicyclic) bond motifs is 1. The average molecular weight is 245 g/mol. The number of thiophene rings is 1. The second kappa shape index (κ2) is 2.64. The Kier molecular flexibility index (Phi) is 1.73. The number of aromatic hydroxyl groups is 2. The Labute approximate surface area is 81.2 Å². The average Bonchev–Trinajstić information content (AvgIpc) is 2.30. The SMILES string of the molecule is Oc1cc2cc(Br)sc2cc1O. The summed E-state index contributed by atoms with van der Waals surface area (Å²) in [4.78, 5) is 0. The van der Waals surface area contributed by atoms with E-state index in [2.05, 4.69) is 15.9 Å². The fourth-order valence-electron chi connectivity index (χ4n) is 1.03. The summed E-state index contributed by atoms with van der Waals surface area (Å²) in [5, 5.41) is 19.3. The van der Waals surface area contributed by atoms with Crippen LogP contribution in [0, 0.1) is 0 Å². The van der Waals surface area contributed by atoms with Crippen molar-refractivity contribution < 1.29 is 10.2 Å². The minimum absolute atomic E-state index is 0.0724. The van der Waals surface area contributed by atoms with Crippen molar-refractivity contribution in [2.24, 2.45) is 0 Å². The number of halogens is 1. The summed E-state index contributed by atoms with van der Waals surface area (Å²) in [5.41, 5.74) is 0. The van der Waals surface area contributed by atoms with Gasteiger partial charge in [-0.25, -0.2) is 0 Å². The molecule has 2 nitrogen and oxygen atoms in total. The maximum atomic E-state index is 9.17. The van der Waals surface area contributed by atoms with Gasteiger partial charge in [-0.3, -0.25) is 0 Å². The first-order valence-electron chi connectivity index (χ1n) is 3.28. The zero-order valence-electron chi connectivity index (χ0n) is 5.91. The topological polar surface area (TPSA) is 40.5 Å². The van der Waals surface area contributed by atoms with Gasteiger partial charge in [-0.05, 0) is 33.4 Å². The van der Waals surface area contributed by atoms with E-state index < -0.39 is 0 Å². The Morgan fingerprint density at radius 1 is 1.08 bits per heavy atom.